The SMILES string of the molecule is CCOCc1c(C(=O)OCc2nc(-c3cccc(Cl)c3)no2)oc2ccccc12. The number of para-hydroxylation sites is 1. The number of furan rings is 1. The number of benzene rings is 2. The topological polar surface area (TPSA) is 87.6 Å². The summed E-state index contributed by atoms with van der Waals surface area (Å²) in [7, 11) is 0. The number of hydrogen-bond acceptors (Lipinski definition) is 7. The second-order valence-corrected chi connectivity index (χ2v) is 6.58. The summed E-state index contributed by atoms with van der Waals surface area (Å²) < 4.78 is 21.7. The van der Waals surface area contributed by atoms with Crippen LogP contribution in [0.3, 0.4) is 0 Å². The Hall–Kier alpha value is -3.16. The van der Waals surface area contributed by atoms with Crippen LogP contribution in [0.1, 0.15) is 28.9 Å². The number of nitrogens with zero attached hydrogens (tertiary/aromatic N) is 2. The van der Waals surface area contributed by atoms with Crippen molar-refractivity contribution in [2.75, 3.05) is 6.61 Å². The predicted molar refractivity (Wildman–Crippen MR) is 105 cm³/mol. The molecule has 2 aromatic heterocycles. The number of ether oxygens (including phenoxy) is 2. The number of carbonyl (C=O) groups is 1. The first kappa shape index (κ1) is 19.2. The molecule has 0 aliphatic carbocycles. The first-order chi connectivity index (χ1) is 14.2. The molecule has 0 aliphatic rings. The molecule has 0 N–H and O–H groups in total. The van der Waals surface area contributed by atoms with Crippen molar-refractivity contribution in [3.8, 4) is 11.4 Å². The van der Waals surface area contributed by atoms with Crippen LogP contribution in [0.25, 0.3) is 22.4 Å². The second-order valence-electron chi connectivity index (χ2n) is 6.14. The Kier molecular flexibility index (Phi) is 5.59. The molecule has 0 atom stereocenters. The van der Waals surface area contributed by atoms with Gasteiger partial charge < -0.3 is 18.4 Å². The minimum absolute atomic E-state index is 0.106. The van der Waals surface area contributed by atoms with E-state index in [1.54, 1.807) is 30.3 Å². The van der Waals surface area contributed by atoms with Crippen LogP contribution in [0, 0.1) is 0 Å². The van der Waals surface area contributed by atoms with Crippen LogP contribution in [0.5, 0.6) is 0 Å². The van der Waals surface area contributed by atoms with Crippen LogP contribution in [0.15, 0.2) is 57.5 Å². The molecule has 0 unspecified atom stereocenters. The van der Waals surface area contributed by atoms with Gasteiger partial charge in [0, 0.05) is 28.1 Å². The molecule has 2 aromatic carbocycles. The molecule has 4 rings (SSSR count). The maximum absolute atomic E-state index is 12.6. The number of aromatic nitrogens is 2. The summed E-state index contributed by atoms with van der Waals surface area (Å²) in [6, 6.07) is 14.4. The number of hydrogen-bond donors (Lipinski definition) is 0. The van der Waals surface area contributed by atoms with Gasteiger partial charge in [0.1, 0.15) is 5.58 Å². The summed E-state index contributed by atoms with van der Waals surface area (Å²) in [6.45, 7) is 2.46. The zero-order valence-electron chi connectivity index (χ0n) is 15.6. The van der Waals surface area contributed by atoms with E-state index in [0.29, 0.717) is 34.2 Å². The third-order valence-electron chi connectivity index (χ3n) is 4.21. The molecule has 0 saturated carbocycles. The number of rotatable bonds is 7. The van der Waals surface area contributed by atoms with Gasteiger partial charge in [-0.25, -0.2) is 4.79 Å². The fourth-order valence-corrected chi connectivity index (χ4v) is 3.05. The van der Waals surface area contributed by atoms with Crippen molar-refractivity contribution in [1.82, 2.24) is 10.1 Å². The van der Waals surface area contributed by atoms with E-state index >= 15 is 0 Å². The second kappa shape index (κ2) is 8.46. The van der Waals surface area contributed by atoms with Crippen molar-refractivity contribution in [2.24, 2.45) is 0 Å². The molecule has 7 nitrogen and oxygen atoms in total. The molecule has 29 heavy (non-hydrogen) atoms. The van der Waals surface area contributed by atoms with E-state index in [1.165, 1.54) is 0 Å². The molecule has 4 aromatic rings. The Morgan fingerprint density at radius 2 is 2.00 bits per heavy atom. The lowest BCUT2D eigenvalue weighted by atomic mass is 10.1. The quantitative estimate of drug-likeness (QED) is 0.393. The van der Waals surface area contributed by atoms with Crippen LogP contribution in [0.2, 0.25) is 5.02 Å². The third-order valence-corrected chi connectivity index (χ3v) is 4.45. The van der Waals surface area contributed by atoms with Crippen LogP contribution in [-0.4, -0.2) is 22.7 Å². The molecule has 148 valence electrons. The monoisotopic (exact) mass is 412 g/mol. The number of esters is 1. The highest BCUT2D eigenvalue weighted by Crippen LogP contribution is 2.27. The van der Waals surface area contributed by atoms with Gasteiger partial charge in [-0.2, -0.15) is 4.98 Å². The highest BCUT2D eigenvalue weighted by molar-refractivity contribution is 6.30. The van der Waals surface area contributed by atoms with Gasteiger partial charge in [-0.05, 0) is 25.1 Å². The van der Waals surface area contributed by atoms with Crippen molar-refractivity contribution in [1.29, 1.82) is 0 Å². The summed E-state index contributed by atoms with van der Waals surface area (Å²) in [4.78, 5) is 16.8. The Bertz CT molecular complexity index is 1150. The molecule has 2 heterocycles. The van der Waals surface area contributed by atoms with E-state index in [4.69, 9.17) is 30.0 Å². The normalized spacial score (nSPS) is 11.1. The standard InChI is InChI=1S/C21H17ClN2O5/c1-2-26-11-16-15-8-3-4-9-17(15)28-19(16)21(25)27-12-18-23-20(24-29-18)13-6-5-7-14(22)10-13/h3-10H,2,11-12H2,1H3. The maximum Gasteiger partial charge on any atom is 0.375 e. The predicted octanol–water partition coefficient (Wildman–Crippen LogP) is 5.03. The minimum atomic E-state index is -0.626. The molecule has 0 spiro atoms. The molecule has 0 saturated heterocycles. The van der Waals surface area contributed by atoms with E-state index in [2.05, 4.69) is 10.1 Å². The van der Waals surface area contributed by atoms with Gasteiger partial charge in [0.15, 0.2) is 6.61 Å². The highest BCUT2D eigenvalue weighted by Gasteiger charge is 2.22. The van der Waals surface area contributed by atoms with Crippen LogP contribution < -0.4 is 0 Å². The van der Waals surface area contributed by atoms with E-state index in [0.717, 1.165) is 5.39 Å². The van der Waals surface area contributed by atoms with Gasteiger partial charge in [-0.1, -0.05) is 47.1 Å². The molecular weight excluding hydrogens is 396 g/mol. The Morgan fingerprint density at radius 1 is 1.14 bits per heavy atom. The Morgan fingerprint density at radius 3 is 2.83 bits per heavy atom. The summed E-state index contributed by atoms with van der Waals surface area (Å²) in [5, 5.41) is 5.27. The summed E-state index contributed by atoms with van der Waals surface area (Å²) in [6.07, 6.45) is 0. The Labute approximate surface area is 171 Å². The fourth-order valence-electron chi connectivity index (χ4n) is 2.86. The highest BCUT2D eigenvalue weighted by atomic mass is 35.5. The van der Waals surface area contributed by atoms with Gasteiger partial charge in [-0.3, -0.25) is 0 Å². The van der Waals surface area contributed by atoms with Gasteiger partial charge in [0.2, 0.25) is 11.6 Å². The van der Waals surface area contributed by atoms with Crippen molar-refractivity contribution in [2.45, 2.75) is 20.1 Å². The number of fused-ring (bicyclic) bond motifs is 1. The van der Waals surface area contributed by atoms with Gasteiger partial charge in [0.25, 0.3) is 5.89 Å². The van der Waals surface area contributed by atoms with Gasteiger partial charge in [0.05, 0.1) is 6.61 Å². The van der Waals surface area contributed by atoms with Crippen LogP contribution in [-0.2, 0) is 22.7 Å². The van der Waals surface area contributed by atoms with Crippen LogP contribution in [0.4, 0.5) is 0 Å². The number of halogens is 1. The first-order valence-electron chi connectivity index (χ1n) is 8.99. The zero-order valence-corrected chi connectivity index (χ0v) is 16.3. The molecule has 0 radical (unpaired) electrons. The minimum Gasteiger partial charge on any atom is -0.450 e. The number of carbonyl (C=O) groups excluding carboxylic acids is 1. The average Bonchev–Trinajstić information content (AvgIpc) is 3.35. The average molecular weight is 413 g/mol. The zero-order chi connectivity index (χ0) is 20.2. The largest absolute Gasteiger partial charge is 0.450 e. The fraction of sp³-hybridized carbons (Fsp3) is 0.190. The van der Waals surface area contributed by atoms with E-state index < -0.39 is 5.97 Å². The molecule has 0 aliphatic heterocycles. The third kappa shape index (κ3) is 4.16. The van der Waals surface area contributed by atoms with Crippen molar-refractivity contribution < 1.29 is 23.2 Å². The molecule has 0 amide bonds. The summed E-state index contributed by atoms with van der Waals surface area (Å²) in [5.74, 6) is 0.00255. The Balaban J connectivity index is 1.50. The first-order valence-corrected chi connectivity index (χ1v) is 9.37. The van der Waals surface area contributed by atoms with Crippen LogP contribution >= 0.6 is 11.6 Å². The van der Waals surface area contributed by atoms with Crippen molar-refractivity contribution in [3.63, 3.8) is 0 Å². The molecule has 8 heteroatoms. The summed E-state index contributed by atoms with van der Waals surface area (Å²) in [5.41, 5.74) is 1.95. The van der Waals surface area contributed by atoms with Gasteiger partial charge >= 0.3 is 5.97 Å². The molecule has 0 bridgehead atoms. The van der Waals surface area contributed by atoms with E-state index in [-0.39, 0.29) is 24.9 Å². The lowest BCUT2D eigenvalue weighted by Crippen LogP contribution is -2.08. The lowest BCUT2D eigenvalue weighted by Gasteiger charge is -2.03. The smallest absolute Gasteiger partial charge is 0.375 e. The van der Waals surface area contributed by atoms with E-state index in [9.17, 15) is 4.79 Å². The van der Waals surface area contributed by atoms with Gasteiger partial charge in [-0.15, -0.1) is 0 Å². The van der Waals surface area contributed by atoms with Crippen molar-refractivity contribution in [3.05, 3.63) is 70.8 Å². The van der Waals surface area contributed by atoms with Crippen molar-refractivity contribution >= 4 is 28.5 Å². The molecular formula is C21H17ClN2O5. The summed E-state index contributed by atoms with van der Waals surface area (Å²) >= 11 is 5.98. The maximum atomic E-state index is 12.6. The molecule has 0 fully saturated rings. The lowest BCUT2D eigenvalue weighted by molar-refractivity contribution is 0.0388. The van der Waals surface area contributed by atoms with E-state index in [1.807, 2.05) is 25.1 Å².